The lowest BCUT2D eigenvalue weighted by Crippen LogP contribution is -2.38. The summed E-state index contributed by atoms with van der Waals surface area (Å²) in [5.74, 6) is 2.22. The van der Waals surface area contributed by atoms with Crippen molar-refractivity contribution in [1.29, 1.82) is 0 Å². The summed E-state index contributed by atoms with van der Waals surface area (Å²) < 4.78 is 28.7. The highest BCUT2D eigenvalue weighted by molar-refractivity contribution is 5.71. The van der Waals surface area contributed by atoms with Crippen LogP contribution in [0.3, 0.4) is 0 Å². The van der Waals surface area contributed by atoms with Gasteiger partial charge in [-0.25, -0.2) is 0 Å². The van der Waals surface area contributed by atoms with Crippen LogP contribution in [-0.2, 0) is 19.9 Å². The van der Waals surface area contributed by atoms with Crippen LogP contribution in [-0.4, -0.2) is 64.0 Å². The van der Waals surface area contributed by atoms with Crippen molar-refractivity contribution in [3.05, 3.63) is 89.5 Å². The molecule has 3 aromatic rings. The van der Waals surface area contributed by atoms with E-state index in [0.717, 1.165) is 46.9 Å². The van der Waals surface area contributed by atoms with Gasteiger partial charge in [-0.1, -0.05) is 36.4 Å². The topological polar surface area (TPSA) is 66.5 Å². The maximum atomic E-state index is 11.9. The van der Waals surface area contributed by atoms with Gasteiger partial charge in [-0.2, -0.15) is 0 Å². The van der Waals surface area contributed by atoms with Crippen molar-refractivity contribution in [2.24, 2.45) is 0 Å². The molecule has 194 valence electrons. The minimum atomic E-state index is -0.897. The van der Waals surface area contributed by atoms with Gasteiger partial charge in [-0.15, -0.1) is 0 Å². The number of fused-ring (bicyclic) bond motifs is 2. The van der Waals surface area contributed by atoms with Crippen LogP contribution in [0, 0.1) is 0 Å². The van der Waals surface area contributed by atoms with Crippen molar-refractivity contribution in [3.63, 3.8) is 0 Å². The molecular formula is C30H33NO6. The SMILES string of the molecule is COc1ccc(C(OCCN2C[C@@H]3C[C@H]2CC(=O)O3)(c2ccc(OC)cc2)c2ccc(OC)cc2)cc1. The minimum absolute atomic E-state index is 0.0132. The van der Waals surface area contributed by atoms with Gasteiger partial charge in [0.1, 0.15) is 29.0 Å². The maximum Gasteiger partial charge on any atom is 0.307 e. The lowest BCUT2D eigenvalue weighted by atomic mass is 9.80. The quantitative estimate of drug-likeness (QED) is 0.300. The Hall–Kier alpha value is -3.55. The molecule has 5 rings (SSSR count). The molecule has 0 saturated carbocycles. The first kappa shape index (κ1) is 25.1. The second-order valence-electron chi connectivity index (χ2n) is 9.42. The number of ether oxygens (including phenoxy) is 5. The second-order valence-corrected chi connectivity index (χ2v) is 9.42. The number of rotatable bonds is 10. The zero-order valence-electron chi connectivity index (χ0n) is 21.5. The molecule has 2 saturated heterocycles. The molecule has 7 heteroatoms. The first-order chi connectivity index (χ1) is 18.0. The molecule has 2 atom stereocenters. The van der Waals surface area contributed by atoms with E-state index in [9.17, 15) is 4.79 Å². The van der Waals surface area contributed by atoms with Crippen LogP contribution in [0.2, 0.25) is 0 Å². The van der Waals surface area contributed by atoms with Crippen LogP contribution in [0.25, 0.3) is 0 Å². The normalized spacial score (nSPS) is 19.4. The van der Waals surface area contributed by atoms with E-state index < -0.39 is 5.60 Å². The van der Waals surface area contributed by atoms with Gasteiger partial charge in [0.15, 0.2) is 0 Å². The van der Waals surface area contributed by atoms with Crippen LogP contribution in [0.4, 0.5) is 0 Å². The molecule has 0 spiro atoms. The van der Waals surface area contributed by atoms with Crippen LogP contribution in [0.5, 0.6) is 17.2 Å². The van der Waals surface area contributed by atoms with Gasteiger partial charge in [0, 0.05) is 25.6 Å². The Morgan fingerprint density at radius 2 is 1.24 bits per heavy atom. The van der Waals surface area contributed by atoms with Gasteiger partial charge in [-0.05, 0) is 53.1 Å². The molecule has 3 aromatic carbocycles. The summed E-state index contributed by atoms with van der Waals surface area (Å²) in [5, 5.41) is 0. The lowest BCUT2D eigenvalue weighted by Gasteiger charge is -2.37. The zero-order chi connectivity index (χ0) is 25.8. The van der Waals surface area contributed by atoms with Gasteiger partial charge < -0.3 is 23.7 Å². The molecule has 0 unspecified atom stereocenters. The van der Waals surface area contributed by atoms with Gasteiger partial charge in [-0.3, -0.25) is 9.69 Å². The second kappa shape index (κ2) is 10.8. The van der Waals surface area contributed by atoms with E-state index in [4.69, 9.17) is 23.7 Å². The summed E-state index contributed by atoms with van der Waals surface area (Å²) >= 11 is 0. The number of nitrogens with zero attached hydrogens (tertiary/aromatic N) is 1. The van der Waals surface area contributed by atoms with E-state index in [1.807, 2.05) is 72.8 Å². The van der Waals surface area contributed by atoms with Crippen LogP contribution in [0.1, 0.15) is 29.5 Å². The Bertz CT molecular complexity index is 1080. The van der Waals surface area contributed by atoms with Crippen molar-refractivity contribution in [2.75, 3.05) is 41.0 Å². The number of likely N-dealkylation sites (tertiary alicyclic amines) is 1. The van der Waals surface area contributed by atoms with Crippen molar-refractivity contribution in [2.45, 2.75) is 30.6 Å². The smallest absolute Gasteiger partial charge is 0.307 e. The molecule has 0 aliphatic carbocycles. The summed E-state index contributed by atoms with van der Waals surface area (Å²) in [6, 6.07) is 24.2. The number of hydrogen-bond donors (Lipinski definition) is 0. The molecule has 0 amide bonds. The first-order valence-corrected chi connectivity index (χ1v) is 12.6. The first-order valence-electron chi connectivity index (χ1n) is 12.6. The molecule has 2 bridgehead atoms. The number of hydrogen-bond acceptors (Lipinski definition) is 7. The molecule has 0 N–H and O–H groups in total. The molecule has 2 aliphatic heterocycles. The van der Waals surface area contributed by atoms with E-state index in [1.165, 1.54) is 0 Å². The Labute approximate surface area is 217 Å². The fourth-order valence-electron chi connectivity index (χ4n) is 5.48. The number of carbonyl (C=O) groups is 1. The van der Waals surface area contributed by atoms with Gasteiger partial charge >= 0.3 is 5.97 Å². The van der Waals surface area contributed by atoms with Crippen LogP contribution in [0.15, 0.2) is 72.8 Å². The molecule has 2 heterocycles. The fraction of sp³-hybridized carbons (Fsp3) is 0.367. The van der Waals surface area contributed by atoms with E-state index in [-0.39, 0.29) is 18.1 Å². The Balaban J connectivity index is 1.54. The highest BCUT2D eigenvalue weighted by atomic mass is 16.5. The van der Waals surface area contributed by atoms with Gasteiger partial charge in [0.25, 0.3) is 0 Å². The third kappa shape index (κ3) is 5.02. The standard InChI is InChI=1S/C30H33NO6/c1-33-25-10-4-21(5-11-25)30(22-6-12-26(34-2)13-7-22,23-8-14-27(35-3)15-9-23)36-17-16-31-20-28-18-24(31)19-29(32)37-28/h4-15,24,28H,16-20H2,1-3H3/t24-,28-/m0/s1. The highest BCUT2D eigenvalue weighted by Gasteiger charge is 2.41. The predicted molar refractivity (Wildman–Crippen MR) is 139 cm³/mol. The Kier molecular flexibility index (Phi) is 7.35. The molecular weight excluding hydrogens is 470 g/mol. The maximum absolute atomic E-state index is 11.9. The average Bonchev–Trinajstić information content (AvgIpc) is 3.24. The summed E-state index contributed by atoms with van der Waals surface area (Å²) in [6.45, 7) is 1.91. The number of carbonyl (C=O) groups excluding carboxylic acids is 1. The zero-order valence-corrected chi connectivity index (χ0v) is 21.5. The Morgan fingerprint density at radius 3 is 1.68 bits per heavy atom. The van der Waals surface area contributed by atoms with Crippen molar-refractivity contribution in [3.8, 4) is 17.2 Å². The van der Waals surface area contributed by atoms with Crippen molar-refractivity contribution >= 4 is 5.97 Å². The molecule has 2 aliphatic rings. The lowest BCUT2D eigenvalue weighted by molar-refractivity contribution is -0.151. The van der Waals surface area contributed by atoms with Crippen molar-refractivity contribution in [1.82, 2.24) is 4.90 Å². The molecule has 37 heavy (non-hydrogen) atoms. The number of esters is 1. The summed E-state index contributed by atoms with van der Waals surface area (Å²) in [4.78, 5) is 14.2. The number of benzene rings is 3. The fourth-order valence-corrected chi connectivity index (χ4v) is 5.48. The van der Waals surface area contributed by atoms with Gasteiger partial charge in [0.2, 0.25) is 0 Å². The van der Waals surface area contributed by atoms with E-state index >= 15 is 0 Å². The summed E-state index contributed by atoms with van der Waals surface area (Å²) in [5.41, 5.74) is 2.03. The van der Waals surface area contributed by atoms with Gasteiger partial charge in [0.05, 0.1) is 34.4 Å². The van der Waals surface area contributed by atoms with E-state index in [1.54, 1.807) is 21.3 Å². The van der Waals surface area contributed by atoms with Crippen molar-refractivity contribution < 1.29 is 28.5 Å². The minimum Gasteiger partial charge on any atom is -0.497 e. The van der Waals surface area contributed by atoms with Crippen LogP contribution < -0.4 is 14.2 Å². The summed E-state index contributed by atoms with van der Waals surface area (Å²) in [6.07, 6.45) is 1.32. The average molecular weight is 504 g/mol. The third-order valence-corrected chi connectivity index (χ3v) is 7.38. The number of methoxy groups -OCH3 is 3. The predicted octanol–water partition coefficient (Wildman–Crippen LogP) is 4.41. The summed E-state index contributed by atoms with van der Waals surface area (Å²) in [7, 11) is 4.98. The Morgan fingerprint density at radius 1 is 0.784 bits per heavy atom. The monoisotopic (exact) mass is 503 g/mol. The molecule has 2 fully saturated rings. The molecule has 0 radical (unpaired) electrons. The van der Waals surface area contributed by atoms with E-state index in [2.05, 4.69) is 4.90 Å². The largest absolute Gasteiger partial charge is 0.497 e. The molecule has 7 nitrogen and oxygen atoms in total. The van der Waals surface area contributed by atoms with Crippen LogP contribution >= 0.6 is 0 Å². The third-order valence-electron chi connectivity index (χ3n) is 7.38. The highest BCUT2D eigenvalue weighted by Crippen LogP contribution is 2.42. The van der Waals surface area contributed by atoms with E-state index in [0.29, 0.717) is 19.6 Å². The molecule has 0 aromatic heterocycles.